The molecule has 2 rings (SSSR count). The molecule has 5 nitrogen and oxygen atoms in total. The molecule has 0 aliphatic carbocycles. The second kappa shape index (κ2) is 7.56. The normalized spacial score (nSPS) is 10.9. The zero-order valence-electron chi connectivity index (χ0n) is 12.9. The maximum absolute atomic E-state index is 11.9. The van der Waals surface area contributed by atoms with Crippen LogP contribution in [0.1, 0.15) is 37.8 Å². The smallest absolute Gasteiger partial charge is 0.226 e. The van der Waals surface area contributed by atoms with Gasteiger partial charge in [0.25, 0.3) is 0 Å². The predicted octanol–water partition coefficient (Wildman–Crippen LogP) is 3.41. The summed E-state index contributed by atoms with van der Waals surface area (Å²) in [4.78, 5) is 11.9. The molecule has 120 valence electrons. The Kier molecular flexibility index (Phi) is 6.32. The van der Waals surface area contributed by atoms with Gasteiger partial charge in [-0.3, -0.25) is 4.79 Å². The van der Waals surface area contributed by atoms with Crippen LogP contribution in [0.15, 0.2) is 24.3 Å². The highest BCUT2D eigenvalue weighted by Gasteiger charge is 2.19. The average Bonchev–Trinajstić information content (AvgIpc) is 2.86. The van der Waals surface area contributed by atoms with Crippen LogP contribution in [-0.4, -0.2) is 16.1 Å². The zero-order chi connectivity index (χ0) is 15.5. The Morgan fingerprint density at radius 2 is 1.95 bits per heavy atom. The van der Waals surface area contributed by atoms with Gasteiger partial charge in [-0.2, -0.15) is 0 Å². The molecule has 2 aromatic rings. The first-order chi connectivity index (χ1) is 9.86. The summed E-state index contributed by atoms with van der Waals surface area (Å²) in [5.41, 5.74) is 7.51. The highest BCUT2D eigenvalue weighted by Crippen LogP contribution is 2.27. The number of para-hydroxylation sites is 1. The van der Waals surface area contributed by atoms with Gasteiger partial charge >= 0.3 is 0 Å². The van der Waals surface area contributed by atoms with Gasteiger partial charge in [0, 0.05) is 17.5 Å². The fourth-order valence-corrected chi connectivity index (χ4v) is 2.59. The molecule has 1 aromatic carbocycles. The van der Waals surface area contributed by atoms with Crippen LogP contribution in [0.3, 0.4) is 0 Å². The molecule has 0 atom stereocenters. The molecule has 0 spiro atoms. The first kappa shape index (κ1) is 18.4. The number of hydrogen-bond acceptors (Lipinski definition) is 5. The van der Waals surface area contributed by atoms with Crippen LogP contribution < -0.4 is 11.1 Å². The SMILES string of the molecule is CC(C)(C)c1nnc(NC(=O)CCc2ccccc2N)s1.Cl. The summed E-state index contributed by atoms with van der Waals surface area (Å²) in [7, 11) is 0. The van der Waals surface area contributed by atoms with E-state index >= 15 is 0 Å². The summed E-state index contributed by atoms with van der Waals surface area (Å²) >= 11 is 1.41. The summed E-state index contributed by atoms with van der Waals surface area (Å²) in [6.07, 6.45) is 0.988. The topological polar surface area (TPSA) is 80.9 Å². The van der Waals surface area contributed by atoms with Gasteiger partial charge in [-0.15, -0.1) is 22.6 Å². The maximum Gasteiger partial charge on any atom is 0.226 e. The van der Waals surface area contributed by atoms with Gasteiger partial charge in [-0.1, -0.05) is 50.3 Å². The molecular formula is C15H21ClN4OS. The number of nitrogens with one attached hydrogen (secondary N) is 1. The van der Waals surface area contributed by atoms with Crippen LogP contribution in [0.4, 0.5) is 10.8 Å². The second-order valence-electron chi connectivity index (χ2n) is 5.91. The number of carbonyl (C=O) groups excluding carboxylic acids is 1. The zero-order valence-corrected chi connectivity index (χ0v) is 14.6. The molecule has 0 unspecified atom stereocenters. The summed E-state index contributed by atoms with van der Waals surface area (Å²) in [5.74, 6) is -0.0742. The van der Waals surface area contributed by atoms with Crippen LogP contribution >= 0.6 is 23.7 Å². The summed E-state index contributed by atoms with van der Waals surface area (Å²) in [6, 6.07) is 7.58. The van der Waals surface area contributed by atoms with Crippen molar-refractivity contribution < 1.29 is 4.79 Å². The molecule has 3 N–H and O–H groups in total. The van der Waals surface area contributed by atoms with E-state index in [1.165, 1.54) is 11.3 Å². The van der Waals surface area contributed by atoms with Gasteiger partial charge in [-0.05, 0) is 18.1 Å². The standard InChI is InChI=1S/C15H20N4OS.ClH/c1-15(2,3)13-18-19-14(21-13)17-12(20)9-8-10-6-4-5-7-11(10)16;/h4-7H,8-9,16H2,1-3H3,(H,17,19,20);1H. The van der Waals surface area contributed by atoms with Crippen LogP contribution in [0.5, 0.6) is 0 Å². The number of nitrogens with two attached hydrogens (primary N) is 1. The largest absolute Gasteiger partial charge is 0.399 e. The monoisotopic (exact) mass is 340 g/mol. The number of carbonyl (C=O) groups is 1. The summed E-state index contributed by atoms with van der Waals surface area (Å²) in [5, 5.41) is 12.4. The average molecular weight is 341 g/mol. The molecule has 0 radical (unpaired) electrons. The predicted molar refractivity (Wildman–Crippen MR) is 93.7 cm³/mol. The van der Waals surface area contributed by atoms with Crippen molar-refractivity contribution in [2.45, 2.75) is 39.0 Å². The molecular weight excluding hydrogens is 320 g/mol. The minimum absolute atomic E-state index is 0. The number of anilines is 2. The lowest BCUT2D eigenvalue weighted by Gasteiger charge is -2.12. The molecule has 0 saturated heterocycles. The van der Waals surface area contributed by atoms with Crippen molar-refractivity contribution in [3.05, 3.63) is 34.8 Å². The van der Waals surface area contributed by atoms with Crippen LogP contribution in [0.2, 0.25) is 0 Å². The Bertz CT molecular complexity index is 636. The van der Waals surface area contributed by atoms with Crippen molar-refractivity contribution >= 4 is 40.5 Å². The lowest BCUT2D eigenvalue weighted by molar-refractivity contribution is -0.116. The van der Waals surface area contributed by atoms with E-state index in [9.17, 15) is 4.79 Å². The number of nitrogen functional groups attached to an aromatic ring is 1. The minimum atomic E-state index is -0.0742. The van der Waals surface area contributed by atoms with E-state index in [2.05, 4.69) is 36.3 Å². The number of aryl methyl sites for hydroxylation is 1. The number of benzene rings is 1. The van der Waals surface area contributed by atoms with Gasteiger partial charge < -0.3 is 11.1 Å². The summed E-state index contributed by atoms with van der Waals surface area (Å²) < 4.78 is 0. The number of hydrogen-bond donors (Lipinski definition) is 2. The number of nitrogens with zero attached hydrogens (tertiary/aromatic N) is 2. The summed E-state index contributed by atoms with van der Waals surface area (Å²) in [6.45, 7) is 6.20. The molecule has 0 saturated carbocycles. The van der Waals surface area contributed by atoms with E-state index in [0.29, 0.717) is 18.0 Å². The Labute approximate surface area is 140 Å². The Morgan fingerprint density at radius 3 is 2.55 bits per heavy atom. The second-order valence-corrected chi connectivity index (χ2v) is 6.89. The first-order valence-corrected chi connectivity index (χ1v) is 7.65. The lowest BCUT2D eigenvalue weighted by Crippen LogP contribution is -2.12. The minimum Gasteiger partial charge on any atom is -0.399 e. The molecule has 0 bridgehead atoms. The quantitative estimate of drug-likeness (QED) is 0.836. The molecule has 0 aliphatic heterocycles. The molecule has 7 heteroatoms. The van der Waals surface area contributed by atoms with Crippen LogP contribution in [0.25, 0.3) is 0 Å². The number of rotatable bonds is 4. The van der Waals surface area contributed by atoms with E-state index in [1.807, 2.05) is 24.3 Å². The van der Waals surface area contributed by atoms with E-state index < -0.39 is 0 Å². The van der Waals surface area contributed by atoms with Crippen molar-refractivity contribution in [1.82, 2.24) is 10.2 Å². The van der Waals surface area contributed by atoms with Gasteiger partial charge in [0.2, 0.25) is 11.0 Å². The molecule has 22 heavy (non-hydrogen) atoms. The van der Waals surface area contributed by atoms with Crippen molar-refractivity contribution in [2.24, 2.45) is 0 Å². The Morgan fingerprint density at radius 1 is 1.27 bits per heavy atom. The van der Waals surface area contributed by atoms with E-state index in [-0.39, 0.29) is 23.7 Å². The Balaban J connectivity index is 0.00000242. The number of aromatic nitrogens is 2. The lowest BCUT2D eigenvalue weighted by atomic mass is 9.98. The fraction of sp³-hybridized carbons (Fsp3) is 0.400. The van der Waals surface area contributed by atoms with Crippen molar-refractivity contribution in [1.29, 1.82) is 0 Å². The van der Waals surface area contributed by atoms with Crippen LogP contribution in [0, 0.1) is 0 Å². The van der Waals surface area contributed by atoms with E-state index in [0.717, 1.165) is 16.3 Å². The fourth-order valence-electron chi connectivity index (χ4n) is 1.77. The van der Waals surface area contributed by atoms with E-state index in [4.69, 9.17) is 5.73 Å². The van der Waals surface area contributed by atoms with Gasteiger partial charge in [-0.25, -0.2) is 0 Å². The highest BCUT2D eigenvalue weighted by atomic mass is 35.5. The molecule has 0 aliphatic rings. The van der Waals surface area contributed by atoms with Crippen molar-refractivity contribution in [2.75, 3.05) is 11.1 Å². The van der Waals surface area contributed by atoms with Crippen LogP contribution in [-0.2, 0) is 16.6 Å². The Hall–Kier alpha value is -1.66. The molecule has 0 fully saturated rings. The maximum atomic E-state index is 11.9. The third-order valence-electron chi connectivity index (χ3n) is 2.99. The van der Waals surface area contributed by atoms with Gasteiger partial charge in [0.15, 0.2) is 0 Å². The van der Waals surface area contributed by atoms with Crippen molar-refractivity contribution in [3.8, 4) is 0 Å². The molecule has 1 amide bonds. The van der Waals surface area contributed by atoms with Gasteiger partial charge in [0.1, 0.15) is 5.01 Å². The van der Waals surface area contributed by atoms with E-state index in [1.54, 1.807) is 0 Å². The molecule has 1 aromatic heterocycles. The third-order valence-corrected chi connectivity index (χ3v) is 4.25. The molecule has 1 heterocycles. The number of halogens is 1. The number of amides is 1. The van der Waals surface area contributed by atoms with Gasteiger partial charge in [0.05, 0.1) is 0 Å². The third kappa shape index (κ3) is 4.96. The first-order valence-electron chi connectivity index (χ1n) is 6.83. The van der Waals surface area contributed by atoms with Crippen molar-refractivity contribution in [3.63, 3.8) is 0 Å². The highest BCUT2D eigenvalue weighted by molar-refractivity contribution is 7.15.